The summed E-state index contributed by atoms with van der Waals surface area (Å²) in [6.07, 6.45) is 18.6. The maximum Gasteiger partial charge on any atom is 0.119 e. The molecule has 0 aliphatic heterocycles. The lowest BCUT2D eigenvalue weighted by Gasteiger charge is -2.26. The van der Waals surface area contributed by atoms with Crippen LogP contribution in [0.1, 0.15) is 66.8 Å². The minimum atomic E-state index is 0.483. The first-order chi connectivity index (χ1) is 55.3. The molecule has 15 aromatic rings. The van der Waals surface area contributed by atoms with Crippen molar-refractivity contribution in [3.8, 4) is 17.2 Å². The predicted molar refractivity (Wildman–Crippen MR) is 474 cm³/mol. The highest BCUT2D eigenvalue weighted by molar-refractivity contribution is 5.85. The first-order valence-electron chi connectivity index (χ1n) is 37.6. The maximum absolute atomic E-state index is 6.20. The number of para-hydroxylation sites is 3. The van der Waals surface area contributed by atoms with Crippen molar-refractivity contribution in [2.24, 2.45) is 0 Å². The molecular formula is C105H84N4O3. The van der Waals surface area contributed by atoms with Crippen LogP contribution in [-0.4, -0.2) is 0 Å². The van der Waals surface area contributed by atoms with Gasteiger partial charge in [0.1, 0.15) is 37.1 Å². The number of benzene rings is 15. The van der Waals surface area contributed by atoms with Crippen molar-refractivity contribution in [3.05, 3.63) is 469 Å². The van der Waals surface area contributed by atoms with E-state index in [1.807, 2.05) is 72.8 Å². The van der Waals surface area contributed by atoms with Crippen LogP contribution in [0.25, 0.3) is 54.7 Å². The Morgan fingerprint density at radius 3 is 0.491 bits per heavy atom. The largest absolute Gasteiger partial charge is 0.489 e. The van der Waals surface area contributed by atoms with Crippen LogP contribution in [0.3, 0.4) is 0 Å². The molecule has 0 aliphatic rings. The quantitative estimate of drug-likeness (QED) is 0.0416. The van der Waals surface area contributed by atoms with Crippen molar-refractivity contribution < 1.29 is 14.2 Å². The molecule has 15 aromatic carbocycles. The molecule has 7 heteroatoms. The molecule has 0 unspecified atom stereocenters. The Hall–Kier alpha value is -14.7. The highest BCUT2D eigenvalue weighted by atomic mass is 16.5. The second-order valence-corrected chi connectivity index (χ2v) is 27.1. The third kappa shape index (κ3) is 18.6. The summed E-state index contributed by atoms with van der Waals surface area (Å²) >= 11 is 0. The highest BCUT2D eigenvalue weighted by Gasteiger charge is 2.18. The van der Waals surface area contributed by atoms with Crippen molar-refractivity contribution in [2.75, 3.05) is 19.6 Å². The van der Waals surface area contributed by atoms with Crippen molar-refractivity contribution >= 4 is 123 Å². The molecule has 7 nitrogen and oxygen atoms in total. The summed E-state index contributed by atoms with van der Waals surface area (Å²) in [6, 6.07) is 134. The zero-order valence-corrected chi connectivity index (χ0v) is 62.3. The summed E-state index contributed by atoms with van der Waals surface area (Å²) in [7, 11) is 0. The number of hydrogen-bond donors (Lipinski definition) is 0. The van der Waals surface area contributed by atoms with Gasteiger partial charge in [0.05, 0.1) is 0 Å². The van der Waals surface area contributed by atoms with Crippen molar-refractivity contribution in [1.82, 2.24) is 0 Å². The van der Waals surface area contributed by atoms with E-state index in [4.69, 9.17) is 14.2 Å². The lowest BCUT2D eigenvalue weighted by Crippen LogP contribution is -2.10. The number of nitrogens with zero attached hydrogens (tertiary/aromatic N) is 4. The fraction of sp³-hybridized carbons (Fsp3) is 0.0286. The fourth-order valence-corrected chi connectivity index (χ4v) is 13.3. The normalized spacial score (nSPS) is 11.1. The van der Waals surface area contributed by atoms with Gasteiger partial charge in [-0.25, -0.2) is 0 Å². The van der Waals surface area contributed by atoms with Gasteiger partial charge in [0.15, 0.2) is 0 Å². The molecular weight excluding hydrogens is 1370 g/mol. The lowest BCUT2D eigenvalue weighted by molar-refractivity contribution is 0.306. The second-order valence-electron chi connectivity index (χ2n) is 27.1. The third-order valence-corrected chi connectivity index (χ3v) is 19.5. The lowest BCUT2D eigenvalue weighted by atomic mass is 10.1. The minimum absolute atomic E-state index is 0.483. The van der Waals surface area contributed by atoms with Crippen molar-refractivity contribution in [2.45, 2.75) is 19.8 Å². The smallest absolute Gasteiger partial charge is 0.119 e. The molecule has 0 radical (unpaired) electrons. The van der Waals surface area contributed by atoms with Gasteiger partial charge < -0.3 is 33.8 Å². The maximum atomic E-state index is 6.20. The molecule has 112 heavy (non-hydrogen) atoms. The van der Waals surface area contributed by atoms with E-state index in [1.165, 1.54) is 0 Å². The monoisotopic (exact) mass is 1450 g/mol. The SMILES string of the molecule is C=Cc1ccc(COc2ccc(N(c3ccccc3)c3ccc(/C=C/c4ccc(N(c5ccc(/C=C/c6ccc(N(c7ccccc7)c7ccc(OCc8ccc(C=C)cc8)cc7)cc6)cc5)c5ccc(/C=C/c6ccc(N(c7ccccc7)c7ccc(OCc8ccc(C=C)cc8)cc7)cc6)cc5)cc4)cc3)cc2)cc1. The Kier molecular flexibility index (Phi) is 23.3. The summed E-state index contributed by atoms with van der Waals surface area (Å²) in [4.78, 5) is 9.11. The van der Waals surface area contributed by atoms with Gasteiger partial charge in [-0.15, -0.1) is 0 Å². The fourth-order valence-electron chi connectivity index (χ4n) is 13.3. The van der Waals surface area contributed by atoms with Gasteiger partial charge in [-0.2, -0.15) is 0 Å². The molecule has 0 amide bonds. The number of rotatable bonds is 30. The summed E-state index contributed by atoms with van der Waals surface area (Å²) in [5.74, 6) is 2.43. The average molecular weight is 1450 g/mol. The summed E-state index contributed by atoms with van der Waals surface area (Å²) in [5.41, 5.74) is 25.6. The summed E-state index contributed by atoms with van der Waals surface area (Å²) in [6.45, 7) is 13.1. The predicted octanol–water partition coefficient (Wildman–Crippen LogP) is 28.7. The van der Waals surface area contributed by atoms with E-state index in [0.29, 0.717) is 19.8 Å². The third-order valence-electron chi connectivity index (χ3n) is 19.5. The molecule has 0 bridgehead atoms. The Labute approximate surface area is 658 Å². The van der Waals surface area contributed by atoms with Gasteiger partial charge in [-0.3, -0.25) is 0 Å². The van der Waals surface area contributed by atoms with Crippen LogP contribution in [0.15, 0.2) is 402 Å². The van der Waals surface area contributed by atoms with E-state index in [-0.39, 0.29) is 0 Å². The standard InChI is InChI=1S/C105H84N4O3/c1-4-79-22-34-88(35-23-79)76-110-103-70-64-100(65-71-103)106(91-16-10-7-11-17-91)94-52-40-82(41-53-94)28-31-85-46-58-97(59-47-85)109(98-60-48-86(49-61-98)32-29-83-42-54-95(55-43-83)107(92-18-12-8-13-19-92)101-66-72-104(73-67-101)111-77-89-36-24-80(5-2)25-37-89)99-62-50-87(51-63-99)33-30-84-44-56-96(57-45-84)108(93-20-14-9-15-21-93)102-68-74-105(75-69-102)112-78-90-38-26-81(6-3)27-39-90/h4-75H,1-3,76-78H2/b31-28+,32-29+,33-30+. The Morgan fingerprint density at radius 1 is 0.170 bits per heavy atom. The Balaban J connectivity index is 0.651. The van der Waals surface area contributed by atoms with E-state index in [0.717, 1.165) is 152 Å². The molecule has 0 saturated carbocycles. The van der Waals surface area contributed by atoms with Crippen molar-refractivity contribution in [1.29, 1.82) is 0 Å². The topological polar surface area (TPSA) is 40.7 Å². The van der Waals surface area contributed by atoms with E-state index < -0.39 is 0 Å². The van der Waals surface area contributed by atoms with E-state index >= 15 is 0 Å². The Morgan fingerprint density at radius 2 is 0.321 bits per heavy atom. The zero-order chi connectivity index (χ0) is 76.1. The molecule has 0 saturated heterocycles. The summed E-state index contributed by atoms with van der Waals surface area (Å²) in [5, 5.41) is 0. The van der Waals surface area contributed by atoms with Gasteiger partial charge >= 0.3 is 0 Å². The van der Waals surface area contributed by atoms with Crippen LogP contribution in [-0.2, 0) is 19.8 Å². The van der Waals surface area contributed by atoms with E-state index in [1.54, 1.807) is 0 Å². The number of hydrogen-bond acceptors (Lipinski definition) is 7. The molecule has 0 aliphatic carbocycles. The molecule has 0 N–H and O–H groups in total. The van der Waals surface area contributed by atoms with Crippen molar-refractivity contribution in [3.63, 3.8) is 0 Å². The molecule has 0 spiro atoms. The zero-order valence-electron chi connectivity index (χ0n) is 62.3. The van der Waals surface area contributed by atoms with Crippen LogP contribution < -0.4 is 33.8 Å². The highest BCUT2D eigenvalue weighted by Crippen LogP contribution is 2.41. The van der Waals surface area contributed by atoms with Gasteiger partial charge in [-0.1, -0.05) is 275 Å². The number of ether oxygens (including phenoxy) is 3. The van der Waals surface area contributed by atoms with Gasteiger partial charge in [0.2, 0.25) is 0 Å². The van der Waals surface area contributed by atoms with Crippen LogP contribution >= 0.6 is 0 Å². The second kappa shape index (κ2) is 35.8. The van der Waals surface area contributed by atoms with Crippen LogP contribution in [0.5, 0.6) is 17.2 Å². The van der Waals surface area contributed by atoms with Gasteiger partial charge in [0.25, 0.3) is 0 Å². The molecule has 15 rings (SSSR count). The molecule has 542 valence electrons. The number of anilines is 12. The van der Waals surface area contributed by atoms with Gasteiger partial charge in [0, 0.05) is 68.2 Å². The van der Waals surface area contributed by atoms with E-state index in [9.17, 15) is 0 Å². The van der Waals surface area contributed by atoms with E-state index in [2.05, 4.69) is 403 Å². The molecule has 0 fully saturated rings. The molecule has 0 aromatic heterocycles. The Bertz CT molecular complexity index is 5070. The average Bonchev–Trinajstić information content (AvgIpc) is 0.803. The summed E-state index contributed by atoms with van der Waals surface area (Å²) < 4.78 is 18.6. The molecule has 0 heterocycles. The van der Waals surface area contributed by atoms with Crippen LogP contribution in [0.4, 0.5) is 68.2 Å². The first kappa shape index (κ1) is 72.9. The van der Waals surface area contributed by atoms with Crippen LogP contribution in [0.2, 0.25) is 0 Å². The minimum Gasteiger partial charge on any atom is -0.489 e. The first-order valence-corrected chi connectivity index (χ1v) is 37.6. The van der Waals surface area contributed by atoms with Gasteiger partial charge in [-0.05, 0) is 249 Å². The molecule has 0 atom stereocenters. The van der Waals surface area contributed by atoms with Crippen LogP contribution in [0, 0.1) is 0 Å².